The van der Waals surface area contributed by atoms with Crippen LogP contribution in [0.4, 0.5) is 5.69 Å². The van der Waals surface area contributed by atoms with E-state index in [0.717, 1.165) is 11.4 Å². The van der Waals surface area contributed by atoms with Gasteiger partial charge in [-0.15, -0.1) is 10.2 Å². The maximum Gasteiger partial charge on any atom is 0.238 e. The van der Waals surface area contributed by atoms with Crippen LogP contribution < -0.4 is 19.9 Å². The first-order valence-corrected chi connectivity index (χ1v) is 13.2. The zero-order chi connectivity index (χ0) is 25.5. The van der Waals surface area contributed by atoms with Gasteiger partial charge in [-0.05, 0) is 54.6 Å². The molecule has 0 radical (unpaired) electrons. The summed E-state index contributed by atoms with van der Waals surface area (Å²) in [5, 5.41) is 16.9. The summed E-state index contributed by atoms with van der Waals surface area (Å²) in [7, 11) is -2.28. The number of benzene rings is 3. The Morgan fingerprint density at radius 3 is 2.42 bits per heavy atom. The Hall–Kier alpha value is -3.87. The molecule has 0 aliphatic carbocycles. The van der Waals surface area contributed by atoms with Gasteiger partial charge in [-0.1, -0.05) is 36.0 Å². The van der Waals surface area contributed by atoms with Crippen molar-refractivity contribution in [2.75, 3.05) is 18.2 Å². The molecule has 0 atom stereocenters. The normalized spacial score (nSPS) is 11.2. The molecule has 0 unspecified atom stereocenters. The van der Waals surface area contributed by atoms with Crippen molar-refractivity contribution in [3.63, 3.8) is 0 Å². The molecule has 0 fully saturated rings. The third-order valence-electron chi connectivity index (χ3n) is 4.92. The van der Waals surface area contributed by atoms with Crippen LogP contribution in [-0.4, -0.2) is 42.0 Å². The van der Waals surface area contributed by atoms with Crippen molar-refractivity contribution in [1.29, 1.82) is 0 Å². The Bertz CT molecular complexity index is 1440. The van der Waals surface area contributed by atoms with Crippen molar-refractivity contribution < 1.29 is 22.7 Å². The first-order valence-electron chi connectivity index (χ1n) is 10.7. The number of hydrogen-bond donors (Lipinski definition) is 2. The average Bonchev–Trinajstić information content (AvgIpc) is 3.29. The quantitative estimate of drug-likeness (QED) is 0.301. The molecule has 0 saturated heterocycles. The van der Waals surface area contributed by atoms with Crippen molar-refractivity contribution in [2.24, 2.45) is 5.14 Å². The lowest BCUT2D eigenvalue weighted by Gasteiger charge is -2.11. The average molecular weight is 526 g/mol. The van der Waals surface area contributed by atoms with E-state index in [4.69, 9.17) is 14.6 Å². The Balaban J connectivity index is 1.47. The van der Waals surface area contributed by atoms with Crippen LogP contribution in [-0.2, 0) is 21.4 Å². The molecular weight excluding hydrogens is 502 g/mol. The van der Waals surface area contributed by atoms with Crippen LogP contribution in [0.15, 0.2) is 88.9 Å². The van der Waals surface area contributed by atoms with Crippen molar-refractivity contribution in [2.45, 2.75) is 16.7 Å². The van der Waals surface area contributed by atoms with Crippen LogP contribution >= 0.6 is 11.8 Å². The molecule has 0 saturated carbocycles. The van der Waals surface area contributed by atoms with E-state index < -0.39 is 10.0 Å². The monoisotopic (exact) mass is 525 g/mol. The Morgan fingerprint density at radius 2 is 1.72 bits per heavy atom. The van der Waals surface area contributed by atoms with Gasteiger partial charge in [0.2, 0.25) is 15.9 Å². The lowest BCUT2D eigenvalue weighted by molar-refractivity contribution is -0.113. The molecule has 3 aromatic carbocycles. The van der Waals surface area contributed by atoms with E-state index >= 15 is 0 Å². The highest BCUT2D eigenvalue weighted by Gasteiger charge is 2.17. The van der Waals surface area contributed by atoms with E-state index in [1.54, 1.807) is 37.4 Å². The highest BCUT2D eigenvalue weighted by atomic mass is 32.2. The molecule has 12 heteroatoms. The smallest absolute Gasteiger partial charge is 0.238 e. The second-order valence-corrected chi connectivity index (χ2v) is 9.95. The van der Waals surface area contributed by atoms with Crippen LogP contribution in [0, 0.1) is 0 Å². The molecule has 0 aliphatic rings. The standard InChI is InChI=1S/C24H23N5O5S2/c1-33-19-10-12-20(13-11-19)34-15-22-27-28-24(29(22)18-7-3-2-4-8-18)35-16-23(30)26-17-6-5-9-21(14-17)36(25,31)32/h2-14H,15-16H2,1H3,(H,26,30)(H2,25,31,32). The zero-order valence-electron chi connectivity index (χ0n) is 19.2. The molecule has 1 aromatic heterocycles. The summed E-state index contributed by atoms with van der Waals surface area (Å²) in [6.45, 7) is 0.154. The fraction of sp³-hybridized carbons (Fsp3) is 0.125. The second-order valence-electron chi connectivity index (χ2n) is 7.44. The number of anilines is 1. The number of nitrogens with one attached hydrogen (secondary N) is 1. The lowest BCUT2D eigenvalue weighted by Crippen LogP contribution is -2.16. The van der Waals surface area contributed by atoms with Gasteiger partial charge in [0.05, 0.1) is 17.8 Å². The van der Waals surface area contributed by atoms with E-state index in [-0.39, 0.29) is 23.2 Å². The molecule has 36 heavy (non-hydrogen) atoms. The van der Waals surface area contributed by atoms with E-state index in [2.05, 4.69) is 15.5 Å². The van der Waals surface area contributed by atoms with Gasteiger partial charge >= 0.3 is 0 Å². The summed E-state index contributed by atoms with van der Waals surface area (Å²) in [5.74, 6) is 1.60. The Morgan fingerprint density at radius 1 is 1.00 bits per heavy atom. The summed E-state index contributed by atoms with van der Waals surface area (Å²) in [6.07, 6.45) is 0. The summed E-state index contributed by atoms with van der Waals surface area (Å²) >= 11 is 1.19. The number of ether oxygens (including phenoxy) is 2. The number of rotatable bonds is 10. The second kappa shape index (κ2) is 11.2. The topological polar surface area (TPSA) is 138 Å². The van der Waals surface area contributed by atoms with Gasteiger partial charge in [0.25, 0.3) is 0 Å². The molecule has 0 spiro atoms. The van der Waals surface area contributed by atoms with Crippen molar-refractivity contribution >= 4 is 33.4 Å². The predicted octanol–water partition coefficient (Wildman–Crippen LogP) is 3.23. The molecule has 1 amide bonds. The number of sulfonamides is 1. The highest BCUT2D eigenvalue weighted by Crippen LogP contribution is 2.24. The van der Waals surface area contributed by atoms with E-state index in [0.29, 0.717) is 22.4 Å². The number of hydrogen-bond acceptors (Lipinski definition) is 8. The molecule has 4 aromatic rings. The molecular formula is C24H23N5O5S2. The van der Waals surface area contributed by atoms with Crippen molar-refractivity contribution in [1.82, 2.24) is 14.8 Å². The maximum atomic E-state index is 12.6. The number of aromatic nitrogens is 3. The number of methoxy groups -OCH3 is 1. The van der Waals surface area contributed by atoms with Gasteiger partial charge in [-0.3, -0.25) is 9.36 Å². The van der Waals surface area contributed by atoms with Crippen LogP contribution in [0.3, 0.4) is 0 Å². The highest BCUT2D eigenvalue weighted by molar-refractivity contribution is 7.99. The minimum atomic E-state index is -3.88. The van der Waals surface area contributed by atoms with Gasteiger partial charge < -0.3 is 14.8 Å². The number of nitrogens with zero attached hydrogens (tertiary/aromatic N) is 3. The van der Waals surface area contributed by atoms with Gasteiger partial charge in [0, 0.05) is 11.4 Å². The molecule has 0 aliphatic heterocycles. The van der Waals surface area contributed by atoms with Crippen LogP contribution in [0.1, 0.15) is 5.82 Å². The molecule has 10 nitrogen and oxygen atoms in total. The summed E-state index contributed by atoms with van der Waals surface area (Å²) < 4.78 is 36.0. The van der Waals surface area contributed by atoms with Gasteiger partial charge in [-0.2, -0.15) is 0 Å². The third-order valence-corrected chi connectivity index (χ3v) is 6.76. The van der Waals surface area contributed by atoms with Crippen molar-refractivity contribution in [3.05, 3.63) is 84.7 Å². The SMILES string of the molecule is COc1ccc(OCc2nnc(SCC(=O)Nc3cccc(S(N)(=O)=O)c3)n2-c2ccccc2)cc1. The number of primary sulfonamides is 1. The Labute approximate surface area is 212 Å². The van der Waals surface area contributed by atoms with Crippen molar-refractivity contribution in [3.8, 4) is 17.2 Å². The maximum absolute atomic E-state index is 12.6. The first kappa shape index (κ1) is 25.2. The van der Waals surface area contributed by atoms with Crippen LogP contribution in [0.5, 0.6) is 11.5 Å². The molecule has 186 valence electrons. The third kappa shape index (κ3) is 6.42. The Kier molecular flexibility index (Phi) is 7.88. The largest absolute Gasteiger partial charge is 0.497 e. The van der Waals surface area contributed by atoms with Crippen LogP contribution in [0.25, 0.3) is 5.69 Å². The first-order chi connectivity index (χ1) is 17.3. The van der Waals surface area contributed by atoms with Gasteiger partial charge in [0.15, 0.2) is 11.0 Å². The van der Waals surface area contributed by atoms with Crippen LogP contribution in [0.2, 0.25) is 0 Å². The fourth-order valence-corrected chi connectivity index (χ4v) is 4.55. The summed E-state index contributed by atoms with van der Waals surface area (Å²) in [6, 6.07) is 22.4. The minimum Gasteiger partial charge on any atom is -0.497 e. The molecule has 3 N–H and O–H groups in total. The molecule has 1 heterocycles. The zero-order valence-corrected chi connectivity index (χ0v) is 20.8. The molecule has 0 bridgehead atoms. The number of nitrogens with two attached hydrogens (primary N) is 1. The lowest BCUT2D eigenvalue weighted by atomic mass is 10.3. The summed E-state index contributed by atoms with van der Waals surface area (Å²) in [5.41, 5.74) is 1.14. The van der Waals surface area contributed by atoms with E-state index in [1.165, 1.54) is 30.0 Å². The van der Waals surface area contributed by atoms with Gasteiger partial charge in [0.1, 0.15) is 18.1 Å². The fourth-order valence-electron chi connectivity index (χ4n) is 3.22. The van der Waals surface area contributed by atoms with E-state index in [1.807, 2.05) is 34.9 Å². The number of thioether (sulfide) groups is 1. The number of para-hydroxylation sites is 1. The predicted molar refractivity (Wildman–Crippen MR) is 136 cm³/mol. The number of carbonyl (C=O) groups is 1. The molecule has 4 rings (SSSR count). The number of carbonyl (C=O) groups excluding carboxylic acids is 1. The minimum absolute atomic E-state index is 0.0178. The van der Waals surface area contributed by atoms with Gasteiger partial charge in [-0.25, -0.2) is 13.6 Å². The van der Waals surface area contributed by atoms with E-state index in [9.17, 15) is 13.2 Å². The number of amides is 1. The summed E-state index contributed by atoms with van der Waals surface area (Å²) in [4.78, 5) is 12.5.